The van der Waals surface area contributed by atoms with E-state index in [2.05, 4.69) is 10.2 Å². The van der Waals surface area contributed by atoms with Crippen molar-refractivity contribution in [2.75, 3.05) is 18.1 Å². The van der Waals surface area contributed by atoms with Crippen molar-refractivity contribution in [1.82, 2.24) is 19.6 Å². The molecule has 2 aromatic heterocycles. The van der Waals surface area contributed by atoms with E-state index in [1.54, 1.807) is 44.9 Å². The summed E-state index contributed by atoms with van der Waals surface area (Å²) in [5.41, 5.74) is 3.77. The fraction of sp³-hybridized carbons (Fsp3) is 0.130. The maximum absolute atomic E-state index is 12.7. The van der Waals surface area contributed by atoms with Crippen LogP contribution in [0.4, 0.5) is 10.5 Å². The Balaban J connectivity index is 1.56. The summed E-state index contributed by atoms with van der Waals surface area (Å²) < 4.78 is 8.30. The molecule has 1 amide bonds. The summed E-state index contributed by atoms with van der Waals surface area (Å²) in [4.78, 5) is 26.1. The first-order valence-electron chi connectivity index (χ1n) is 9.97. The van der Waals surface area contributed by atoms with Gasteiger partial charge in [-0.25, -0.2) is 14.2 Å². The number of amides is 1. The Labute approximate surface area is 188 Å². The molecule has 1 aliphatic rings. The van der Waals surface area contributed by atoms with Crippen LogP contribution in [0.1, 0.15) is 5.56 Å². The Bertz CT molecular complexity index is 1390. The number of carbonyl (C=O) groups excluding carboxylic acids is 1. The van der Waals surface area contributed by atoms with Crippen LogP contribution in [-0.4, -0.2) is 38.8 Å². The van der Waals surface area contributed by atoms with Gasteiger partial charge in [-0.1, -0.05) is 17.7 Å². The van der Waals surface area contributed by atoms with E-state index in [-0.39, 0.29) is 17.2 Å². The van der Waals surface area contributed by atoms with E-state index in [1.165, 1.54) is 6.07 Å². The normalized spacial score (nSPS) is 13.4. The topological polar surface area (TPSA) is 82.3 Å². The number of anilines is 1. The van der Waals surface area contributed by atoms with Gasteiger partial charge in [0.2, 0.25) is 5.43 Å². The molecule has 32 heavy (non-hydrogen) atoms. The van der Waals surface area contributed by atoms with Crippen LogP contribution in [0.2, 0.25) is 5.02 Å². The van der Waals surface area contributed by atoms with Crippen molar-refractivity contribution in [2.45, 2.75) is 6.92 Å². The van der Waals surface area contributed by atoms with E-state index in [0.717, 1.165) is 22.6 Å². The van der Waals surface area contributed by atoms with Gasteiger partial charge in [-0.05, 0) is 55.0 Å². The van der Waals surface area contributed by atoms with Crippen LogP contribution in [0.3, 0.4) is 0 Å². The van der Waals surface area contributed by atoms with E-state index in [9.17, 15) is 9.59 Å². The molecule has 8 nitrogen and oxygen atoms in total. The van der Waals surface area contributed by atoms with E-state index in [4.69, 9.17) is 16.3 Å². The van der Waals surface area contributed by atoms with Gasteiger partial charge in [0.1, 0.15) is 6.61 Å². The molecule has 0 aliphatic carbocycles. The molecule has 2 aromatic carbocycles. The molecule has 160 valence electrons. The Morgan fingerprint density at radius 3 is 2.66 bits per heavy atom. The van der Waals surface area contributed by atoms with Gasteiger partial charge in [0.15, 0.2) is 5.69 Å². The smallest absolute Gasteiger partial charge is 0.414 e. The monoisotopic (exact) mass is 447 g/mol. The molecule has 1 aliphatic heterocycles. The number of aryl methyl sites for hydroxylation is 1. The average Bonchev–Trinajstić information content (AvgIpc) is 3.43. The third-order valence-electron chi connectivity index (χ3n) is 5.25. The summed E-state index contributed by atoms with van der Waals surface area (Å²) in [5.74, 6) is 0. The first-order chi connectivity index (χ1) is 15.5. The predicted octanol–water partition coefficient (Wildman–Crippen LogP) is 4.00. The zero-order valence-electron chi connectivity index (χ0n) is 17.1. The van der Waals surface area contributed by atoms with Crippen LogP contribution in [0.5, 0.6) is 0 Å². The van der Waals surface area contributed by atoms with Crippen LogP contribution >= 0.6 is 11.6 Å². The van der Waals surface area contributed by atoms with Gasteiger partial charge in [-0.2, -0.15) is 10.2 Å². The SMILES string of the molecule is Cc1cc(N2CCOC2=O)ccc1-n1ccc(=O)c(-c2ccnn2-c2cccc(Cl)c2)n1. The van der Waals surface area contributed by atoms with E-state index < -0.39 is 0 Å². The van der Waals surface area contributed by atoms with Crippen molar-refractivity contribution in [3.05, 3.63) is 87.8 Å². The molecule has 5 rings (SSSR count). The molecule has 0 spiro atoms. The van der Waals surface area contributed by atoms with Crippen molar-refractivity contribution in [1.29, 1.82) is 0 Å². The standard InChI is InChI=1S/C23H18ClN5O3/c1-15-13-17(27-11-12-32-23(27)31)5-6-19(15)28-10-8-21(30)22(26-28)20-7-9-25-29(20)18-4-2-3-16(24)14-18/h2-10,13-14H,11-12H2,1H3. The fourth-order valence-corrected chi connectivity index (χ4v) is 3.89. The summed E-state index contributed by atoms with van der Waals surface area (Å²) in [6.45, 7) is 2.83. The zero-order valence-corrected chi connectivity index (χ0v) is 17.9. The lowest BCUT2D eigenvalue weighted by molar-refractivity contribution is 0.181. The maximum Gasteiger partial charge on any atom is 0.414 e. The third kappa shape index (κ3) is 3.54. The van der Waals surface area contributed by atoms with Crippen LogP contribution in [-0.2, 0) is 4.74 Å². The molecule has 0 N–H and O–H groups in total. The molecule has 0 unspecified atom stereocenters. The van der Waals surface area contributed by atoms with Crippen molar-refractivity contribution >= 4 is 23.4 Å². The highest BCUT2D eigenvalue weighted by Crippen LogP contribution is 2.25. The molecule has 0 bridgehead atoms. The number of rotatable bonds is 4. The minimum atomic E-state index is -0.352. The lowest BCUT2D eigenvalue weighted by atomic mass is 10.1. The Kier molecular flexibility index (Phi) is 4.99. The van der Waals surface area contributed by atoms with E-state index >= 15 is 0 Å². The number of cyclic esters (lactones) is 1. The first kappa shape index (κ1) is 20.0. The van der Waals surface area contributed by atoms with Gasteiger partial charge in [0, 0.05) is 23.0 Å². The molecule has 1 fully saturated rings. The summed E-state index contributed by atoms with van der Waals surface area (Å²) >= 11 is 6.13. The summed E-state index contributed by atoms with van der Waals surface area (Å²) in [6, 6.07) is 16.0. The fourth-order valence-electron chi connectivity index (χ4n) is 3.71. The van der Waals surface area contributed by atoms with Crippen LogP contribution in [0, 0.1) is 6.92 Å². The predicted molar refractivity (Wildman–Crippen MR) is 121 cm³/mol. The van der Waals surface area contributed by atoms with Gasteiger partial charge in [0.25, 0.3) is 0 Å². The second-order valence-corrected chi connectivity index (χ2v) is 7.75. The van der Waals surface area contributed by atoms with Crippen LogP contribution in [0.25, 0.3) is 22.8 Å². The van der Waals surface area contributed by atoms with Crippen molar-refractivity contribution in [3.63, 3.8) is 0 Å². The largest absolute Gasteiger partial charge is 0.447 e. The lowest BCUT2D eigenvalue weighted by Gasteiger charge is -2.16. The maximum atomic E-state index is 12.7. The van der Waals surface area contributed by atoms with E-state index in [1.807, 2.05) is 37.3 Å². The first-order valence-corrected chi connectivity index (χ1v) is 10.3. The molecular weight excluding hydrogens is 430 g/mol. The highest BCUT2D eigenvalue weighted by Gasteiger charge is 2.24. The molecule has 3 heterocycles. The number of hydrogen-bond donors (Lipinski definition) is 0. The Morgan fingerprint density at radius 2 is 1.91 bits per heavy atom. The van der Waals surface area contributed by atoms with Gasteiger partial charge in [-0.15, -0.1) is 0 Å². The second-order valence-electron chi connectivity index (χ2n) is 7.32. The number of aromatic nitrogens is 4. The zero-order chi connectivity index (χ0) is 22.2. The second kappa shape index (κ2) is 7.97. The van der Waals surface area contributed by atoms with Crippen LogP contribution in [0.15, 0.2) is 71.8 Å². The molecule has 0 atom stereocenters. The highest BCUT2D eigenvalue weighted by molar-refractivity contribution is 6.30. The minimum Gasteiger partial charge on any atom is -0.447 e. The van der Waals surface area contributed by atoms with Gasteiger partial charge < -0.3 is 4.74 Å². The van der Waals surface area contributed by atoms with E-state index in [0.29, 0.717) is 23.9 Å². The van der Waals surface area contributed by atoms with Crippen molar-refractivity contribution in [2.24, 2.45) is 0 Å². The molecule has 0 radical (unpaired) electrons. The van der Waals surface area contributed by atoms with Crippen molar-refractivity contribution in [3.8, 4) is 22.8 Å². The lowest BCUT2D eigenvalue weighted by Crippen LogP contribution is -2.23. The van der Waals surface area contributed by atoms with Gasteiger partial charge in [-0.3, -0.25) is 9.69 Å². The quantitative estimate of drug-likeness (QED) is 0.472. The van der Waals surface area contributed by atoms with Gasteiger partial charge in [0.05, 0.1) is 29.8 Å². The third-order valence-corrected chi connectivity index (χ3v) is 5.48. The Hall–Kier alpha value is -3.91. The van der Waals surface area contributed by atoms with Crippen LogP contribution < -0.4 is 10.3 Å². The minimum absolute atomic E-state index is 0.223. The summed E-state index contributed by atoms with van der Waals surface area (Å²) in [7, 11) is 0. The molecular formula is C23H18ClN5O3. The number of halogens is 1. The average molecular weight is 448 g/mol. The number of carbonyl (C=O) groups is 1. The summed E-state index contributed by atoms with van der Waals surface area (Å²) in [5, 5.41) is 9.52. The Morgan fingerprint density at radius 1 is 1.03 bits per heavy atom. The van der Waals surface area contributed by atoms with Gasteiger partial charge >= 0.3 is 6.09 Å². The molecule has 4 aromatic rings. The highest BCUT2D eigenvalue weighted by atomic mass is 35.5. The molecule has 0 saturated carbocycles. The summed E-state index contributed by atoms with van der Waals surface area (Å²) in [6.07, 6.45) is 2.89. The number of benzene rings is 2. The number of ether oxygens (including phenoxy) is 1. The number of hydrogen-bond acceptors (Lipinski definition) is 5. The number of nitrogens with zero attached hydrogens (tertiary/aromatic N) is 5. The molecule has 9 heteroatoms. The van der Waals surface area contributed by atoms with Crippen molar-refractivity contribution < 1.29 is 9.53 Å². The molecule has 1 saturated heterocycles.